The van der Waals surface area contributed by atoms with Crippen molar-refractivity contribution in [3.05, 3.63) is 57.2 Å². The number of benzene rings is 2. The number of hydrogen-bond acceptors (Lipinski definition) is 3. The molecule has 2 aromatic carbocycles. The fourth-order valence-electron chi connectivity index (χ4n) is 1.98. The van der Waals surface area contributed by atoms with E-state index in [0.29, 0.717) is 31.7 Å². The number of rotatable bonds is 2. The number of anilines is 1. The van der Waals surface area contributed by atoms with Crippen LogP contribution in [0.25, 0.3) is 10.8 Å². The molecular weight excluding hydrogens is 375 g/mol. The van der Waals surface area contributed by atoms with Gasteiger partial charge in [0.05, 0.1) is 10.0 Å². The maximum Gasteiger partial charge on any atom is 0.147 e. The second-order valence-electron chi connectivity index (χ2n) is 4.37. The van der Waals surface area contributed by atoms with Crippen LogP contribution in [0.5, 0.6) is 11.5 Å². The molecule has 21 heavy (non-hydrogen) atoms. The highest BCUT2D eigenvalue weighted by Gasteiger charge is 2.11. The van der Waals surface area contributed by atoms with E-state index in [0.717, 1.165) is 10.8 Å². The van der Waals surface area contributed by atoms with E-state index in [1.807, 2.05) is 6.07 Å². The second-order valence-corrected chi connectivity index (χ2v) is 6.04. The number of aromatic nitrogens is 1. The van der Waals surface area contributed by atoms with Gasteiger partial charge in [0.2, 0.25) is 0 Å². The van der Waals surface area contributed by atoms with Crippen molar-refractivity contribution in [1.82, 2.24) is 4.98 Å². The minimum Gasteiger partial charge on any atom is -0.455 e. The summed E-state index contributed by atoms with van der Waals surface area (Å²) in [5.74, 6) is 1.09. The fraction of sp³-hybridized carbons (Fsp3) is 0. The quantitative estimate of drug-likeness (QED) is 0.457. The average molecular weight is 384 g/mol. The van der Waals surface area contributed by atoms with Gasteiger partial charge in [-0.2, -0.15) is 0 Å². The number of halogens is 3. The van der Waals surface area contributed by atoms with Crippen molar-refractivity contribution in [3.63, 3.8) is 0 Å². The number of pyridine rings is 1. The monoisotopic (exact) mass is 382 g/mol. The minimum atomic E-state index is 0.458. The van der Waals surface area contributed by atoms with Crippen LogP contribution in [0.2, 0.25) is 10.0 Å². The summed E-state index contributed by atoms with van der Waals surface area (Å²) in [5, 5.41) is 2.67. The lowest BCUT2D eigenvalue weighted by Gasteiger charge is -2.12. The Labute approximate surface area is 139 Å². The van der Waals surface area contributed by atoms with Gasteiger partial charge in [0.25, 0.3) is 0 Å². The molecule has 0 aliphatic carbocycles. The third-order valence-corrected chi connectivity index (χ3v) is 4.50. The number of hydrogen-bond donors (Lipinski definition) is 1. The maximum absolute atomic E-state index is 6.18. The van der Waals surface area contributed by atoms with E-state index >= 15 is 0 Å². The zero-order valence-corrected chi connectivity index (χ0v) is 13.7. The van der Waals surface area contributed by atoms with Crippen LogP contribution in [0.3, 0.4) is 0 Å². The third-order valence-electron chi connectivity index (χ3n) is 3.01. The van der Waals surface area contributed by atoms with Crippen LogP contribution >= 0.6 is 39.1 Å². The minimum absolute atomic E-state index is 0.458. The lowest BCUT2D eigenvalue weighted by molar-refractivity contribution is 0.488. The summed E-state index contributed by atoms with van der Waals surface area (Å²) in [6, 6.07) is 8.76. The van der Waals surface area contributed by atoms with Crippen LogP contribution in [0, 0.1) is 0 Å². The number of nitrogens with two attached hydrogens (primary N) is 1. The van der Waals surface area contributed by atoms with Gasteiger partial charge in [0, 0.05) is 39.4 Å². The molecule has 0 saturated heterocycles. The molecule has 2 N–H and O–H groups in total. The van der Waals surface area contributed by atoms with Crippen LogP contribution in [-0.4, -0.2) is 4.98 Å². The summed E-state index contributed by atoms with van der Waals surface area (Å²) in [6.45, 7) is 0. The second kappa shape index (κ2) is 5.72. The van der Waals surface area contributed by atoms with Gasteiger partial charge in [-0.3, -0.25) is 4.98 Å². The van der Waals surface area contributed by atoms with Crippen molar-refractivity contribution in [2.24, 2.45) is 0 Å². The molecule has 3 aromatic rings. The Bertz CT molecular complexity index is 839. The van der Waals surface area contributed by atoms with Gasteiger partial charge < -0.3 is 10.5 Å². The molecule has 0 unspecified atom stereocenters. The smallest absolute Gasteiger partial charge is 0.147 e. The Hall–Kier alpha value is -1.49. The molecule has 1 heterocycles. The first-order chi connectivity index (χ1) is 10.1. The molecule has 6 heteroatoms. The number of nitrogens with zero attached hydrogens (tertiary/aromatic N) is 1. The van der Waals surface area contributed by atoms with E-state index in [4.69, 9.17) is 33.7 Å². The van der Waals surface area contributed by atoms with E-state index in [-0.39, 0.29) is 0 Å². The predicted octanol–water partition coefficient (Wildman–Crippen LogP) is 5.68. The summed E-state index contributed by atoms with van der Waals surface area (Å²) in [4.78, 5) is 4.11. The van der Waals surface area contributed by atoms with Gasteiger partial charge in [-0.05, 0) is 40.2 Å². The summed E-state index contributed by atoms with van der Waals surface area (Å²) in [6.07, 6.45) is 3.39. The average Bonchev–Trinajstić information content (AvgIpc) is 2.48. The number of fused-ring (bicyclic) bond motifs is 1. The first kappa shape index (κ1) is 14.4. The van der Waals surface area contributed by atoms with Crippen LogP contribution in [0.4, 0.5) is 5.69 Å². The van der Waals surface area contributed by atoms with Crippen molar-refractivity contribution in [1.29, 1.82) is 0 Å². The highest BCUT2D eigenvalue weighted by Crippen LogP contribution is 2.39. The van der Waals surface area contributed by atoms with Crippen molar-refractivity contribution in [3.8, 4) is 11.5 Å². The van der Waals surface area contributed by atoms with Gasteiger partial charge in [-0.1, -0.05) is 23.2 Å². The van der Waals surface area contributed by atoms with Crippen LogP contribution in [-0.2, 0) is 0 Å². The zero-order chi connectivity index (χ0) is 15.0. The van der Waals surface area contributed by atoms with E-state index in [1.54, 1.807) is 36.7 Å². The Morgan fingerprint density at radius 1 is 1.00 bits per heavy atom. The SMILES string of the molecule is Nc1ccc(Oc2cc(Cl)c(Br)cc2Cl)c2cnccc12. The first-order valence-corrected chi connectivity index (χ1v) is 7.56. The van der Waals surface area contributed by atoms with Gasteiger partial charge in [-0.15, -0.1) is 0 Å². The Balaban J connectivity index is 2.11. The Morgan fingerprint density at radius 3 is 2.62 bits per heavy atom. The fourth-order valence-corrected chi connectivity index (χ4v) is 2.81. The normalized spacial score (nSPS) is 10.8. The van der Waals surface area contributed by atoms with E-state index in [9.17, 15) is 0 Å². The lowest BCUT2D eigenvalue weighted by atomic mass is 10.1. The van der Waals surface area contributed by atoms with Gasteiger partial charge in [-0.25, -0.2) is 0 Å². The Morgan fingerprint density at radius 2 is 1.81 bits per heavy atom. The molecule has 0 aliphatic heterocycles. The molecule has 0 fully saturated rings. The molecule has 0 bridgehead atoms. The molecule has 0 radical (unpaired) electrons. The van der Waals surface area contributed by atoms with E-state index in [1.165, 1.54) is 0 Å². The molecule has 0 saturated carbocycles. The summed E-state index contributed by atoms with van der Waals surface area (Å²) >= 11 is 15.6. The highest BCUT2D eigenvalue weighted by molar-refractivity contribution is 9.10. The predicted molar refractivity (Wildman–Crippen MR) is 90.4 cm³/mol. The third kappa shape index (κ3) is 2.79. The van der Waals surface area contributed by atoms with E-state index in [2.05, 4.69) is 20.9 Å². The molecule has 0 amide bonds. The van der Waals surface area contributed by atoms with Crippen molar-refractivity contribution >= 4 is 55.6 Å². The molecule has 0 aliphatic rings. The molecule has 0 spiro atoms. The van der Waals surface area contributed by atoms with Gasteiger partial charge in [0.15, 0.2) is 0 Å². The molecule has 106 valence electrons. The topological polar surface area (TPSA) is 48.1 Å². The largest absolute Gasteiger partial charge is 0.455 e. The summed E-state index contributed by atoms with van der Waals surface area (Å²) < 4.78 is 6.59. The molecule has 3 rings (SSSR count). The highest BCUT2D eigenvalue weighted by atomic mass is 79.9. The Kier molecular flexibility index (Phi) is 3.93. The molecule has 3 nitrogen and oxygen atoms in total. The first-order valence-electron chi connectivity index (χ1n) is 6.01. The van der Waals surface area contributed by atoms with Gasteiger partial charge >= 0.3 is 0 Å². The van der Waals surface area contributed by atoms with Crippen LogP contribution in [0.15, 0.2) is 47.2 Å². The number of nitrogen functional groups attached to an aromatic ring is 1. The standard InChI is InChI=1S/C15H9BrCl2N2O/c16-10-5-12(18)15(6-11(10)17)21-14-2-1-13(19)8-3-4-20-7-9(8)14/h1-7H,19H2. The van der Waals surface area contributed by atoms with Crippen LogP contribution in [0.1, 0.15) is 0 Å². The van der Waals surface area contributed by atoms with Crippen LogP contribution < -0.4 is 10.5 Å². The van der Waals surface area contributed by atoms with Crippen molar-refractivity contribution in [2.75, 3.05) is 5.73 Å². The van der Waals surface area contributed by atoms with E-state index < -0.39 is 0 Å². The summed E-state index contributed by atoms with van der Waals surface area (Å²) in [7, 11) is 0. The molecule has 0 atom stereocenters. The maximum atomic E-state index is 6.18. The number of ether oxygens (including phenoxy) is 1. The summed E-state index contributed by atoms with van der Waals surface area (Å²) in [5.41, 5.74) is 6.62. The van der Waals surface area contributed by atoms with Crippen molar-refractivity contribution < 1.29 is 4.74 Å². The molecular formula is C15H9BrCl2N2O. The van der Waals surface area contributed by atoms with Crippen molar-refractivity contribution in [2.45, 2.75) is 0 Å². The zero-order valence-electron chi connectivity index (χ0n) is 10.6. The van der Waals surface area contributed by atoms with Gasteiger partial charge in [0.1, 0.15) is 11.5 Å². The lowest BCUT2D eigenvalue weighted by Crippen LogP contribution is -1.92. The molecule has 1 aromatic heterocycles.